The number of nitrogens with one attached hydrogen (secondary N) is 1. The minimum Gasteiger partial charge on any atom is -0.354 e. The van der Waals surface area contributed by atoms with Gasteiger partial charge in [0.2, 0.25) is 11.8 Å². The van der Waals surface area contributed by atoms with Gasteiger partial charge in [0.05, 0.1) is 15.6 Å². The molecule has 0 saturated carbocycles. The number of halogens is 3. The van der Waals surface area contributed by atoms with E-state index in [9.17, 15) is 18.0 Å². The van der Waals surface area contributed by atoms with Gasteiger partial charge in [0, 0.05) is 23.1 Å². The van der Waals surface area contributed by atoms with Crippen molar-refractivity contribution in [3.8, 4) is 0 Å². The maximum Gasteiger partial charge on any atom is 0.264 e. The molecule has 0 fully saturated rings. The third-order valence-electron chi connectivity index (χ3n) is 5.77. The first-order chi connectivity index (χ1) is 18.0. The molecule has 1 N–H and O–H groups in total. The third kappa shape index (κ3) is 7.41. The van der Waals surface area contributed by atoms with Gasteiger partial charge in [-0.05, 0) is 61.4 Å². The fourth-order valence-electron chi connectivity index (χ4n) is 3.68. The van der Waals surface area contributed by atoms with E-state index >= 15 is 0 Å². The van der Waals surface area contributed by atoms with Crippen molar-refractivity contribution in [3.05, 3.63) is 93.4 Å². The van der Waals surface area contributed by atoms with E-state index in [1.54, 1.807) is 49.4 Å². The van der Waals surface area contributed by atoms with Crippen LogP contribution in [0.25, 0.3) is 0 Å². The number of carbonyl (C=O) groups excluding carboxylic acids is 2. The van der Waals surface area contributed by atoms with Crippen LogP contribution in [0.2, 0.25) is 15.1 Å². The molecule has 0 unspecified atom stereocenters. The second-order valence-corrected chi connectivity index (χ2v) is 11.7. The first-order valence-electron chi connectivity index (χ1n) is 11.9. The van der Waals surface area contributed by atoms with E-state index in [4.69, 9.17) is 34.8 Å². The summed E-state index contributed by atoms with van der Waals surface area (Å²) in [5, 5.41) is 3.66. The monoisotopic (exact) mass is 595 g/mol. The lowest BCUT2D eigenvalue weighted by atomic mass is 10.1. The Hall–Kier alpha value is -2.78. The Balaban J connectivity index is 2.04. The zero-order valence-corrected chi connectivity index (χ0v) is 24.0. The highest BCUT2D eigenvalue weighted by atomic mass is 35.5. The average Bonchev–Trinajstić information content (AvgIpc) is 2.91. The molecule has 0 aliphatic heterocycles. The van der Waals surface area contributed by atoms with Crippen LogP contribution in [0, 0.1) is 0 Å². The van der Waals surface area contributed by atoms with Gasteiger partial charge in [0.1, 0.15) is 12.6 Å². The molecule has 2 amide bonds. The van der Waals surface area contributed by atoms with E-state index in [0.717, 1.165) is 16.3 Å². The molecule has 38 heavy (non-hydrogen) atoms. The molecule has 0 aliphatic rings. The van der Waals surface area contributed by atoms with Crippen LogP contribution in [0.3, 0.4) is 0 Å². The SMILES string of the molecule is CCCNC(=O)[C@H](C)N(Cc1ccc(Cl)cc1)C(=O)CN(c1cc(Cl)ccc1Cl)S(=O)(=O)c1ccccc1. The number of rotatable bonds is 11. The molecule has 0 aliphatic carbocycles. The number of amides is 2. The van der Waals surface area contributed by atoms with Gasteiger partial charge in [-0.25, -0.2) is 8.42 Å². The number of sulfonamides is 1. The fourth-order valence-corrected chi connectivity index (χ4v) is 5.68. The highest BCUT2D eigenvalue weighted by molar-refractivity contribution is 7.92. The van der Waals surface area contributed by atoms with Crippen molar-refractivity contribution in [2.24, 2.45) is 0 Å². The number of hydrogen-bond donors (Lipinski definition) is 1. The Bertz CT molecular complexity index is 1370. The van der Waals surface area contributed by atoms with Crippen LogP contribution in [0.5, 0.6) is 0 Å². The van der Waals surface area contributed by atoms with Crippen LogP contribution in [0.1, 0.15) is 25.8 Å². The molecule has 3 aromatic carbocycles. The van der Waals surface area contributed by atoms with Crippen molar-refractivity contribution < 1.29 is 18.0 Å². The first kappa shape index (κ1) is 29.8. The summed E-state index contributed by atoms with van der Waals surface area (Å²) >= 11 is 18.6. The van der Waals surface area contributed by atoms with Gasteiger partial charge in [0.25, 0.3) is 10.0 Å². The largest absolute Gasteiger partial charge is 0.354 e. The molecule has 0 heterocycles. The van der Waals surface area contributed by atoms with Gasteiger partial charge in [-0.2, -0.15) is 0 Å². The standard InChI is InChI=1S/C27H28Cl3N3O4S/c1-3-15-31-27(35)19(2)32(17-20-9-11-21(28)12-10-20)26(34)18-33(25-16-22(29)13-14-24(25)30)38(36,37)23-7-5-4-6-8-23/h4-14,16,19H,3,15,17-18H2,1-2H3,(H,31,35)/t19-/m0/s1. The maximum atomic E-state index is 13.8. The van der Waals surface area contributed by atoms with Crippen LogP contribution >= 0.6 is 34.8 Å². The topological polar surface area (TPSA) is 86.8 Å². The molecule has 3 rings (SSSR count). The number of hydrogen-bond acceptors (Lipinski definition) is 4. The van der Waals surface area contributed by atoms with E-state index in [2.05, 4.69) is 5.32 Å². The molecule has 0 saturated heterocycles. The Morgan fingerprint density at radius 2 is 1.55 bits per heavy atom. The molecule has 1 atom stereocenters. The second kappa shape index (κ2) is 13.3. The minimum atomic E-state index is -4.24. The quantitative estimate of drug-likeness (QED) is 0.304. The molecule has 11 heteroatoms. The summed E-state index contributed by atoms with van der Waals surface area (Å²) in [7, 11) is -4.24. The first-order valence-corrected chi connectivity index (χ1v) is 14.5. The molecule has 0 spiro atoms. The normalized spacial score (nSPS) is 12.0. The molecular weight excluding hydrogens is 569 g/mol. The second-order valence-electron chi connectivity index (χ2n) is 8.54. The van der Waals surface area contributed by atoms with Crippen molar-refractivity contribution in [2.75, 3.05) is 17.4 Å². The van der Waals surface area contributed by atoms with E-state index in [1.165, 1.54) is 35.2 Å². The smallest absolute Gasteiger partial charge is 0.264 e. The lowest BCUT2D eigenvalue weighted by Crippen LogP contribution is -2.51. The van der Waals surface area contributed by atoms with E-state index in [1.807, 2.05) is 6.92 Å². The summed E-state index contributed by atoms with van der Waals surface area (Å²) < 4.78 is 28.4. The Kier molecular flexibility index (Phi) is 10.4. The van der Waals surface area contributed by atoms with Gasteiger partial charge in [-0.15, -0.1) is 0 Å². The lowest BCUT2D eigenvalue weighted by Gasteiger charge is -2.32. The minimum absolute atomic E-state index is 0.0261. The van der Waals surface area contributed by atoms with Gasteiger partial charge >= 0.3 is 0 Å². The summed E-state index contributed by atoms with van der Waals surface area (Å²) in [6.07, 6.45) is 0.722. The van der Waals surface area contributed by atoms with Crippen molar-refractivity contribution in [2.45, 2.75) is 37.8 Å². The number of anilines is 1. The van der Waals surface area contributed by atoms with E-state index < -0.39 is 28.5 Å². The maximum absolute atomic E-state index is 13.8. The van der Waals surface area contributed by atoms with E-state index in [-0.39, 0.29) is 33.1 Å². The van der Waals surface area contributed by atoms with Crippen molar-refractivity contribution in [1.82, 2.24) is 10.2 Å². The molecule has 202 valence electrons. The highest BCUT2D eigenvalue weighted by Gasteiger charge is 2.33. The number of nitrogens with zero attached hydrogens (tertiary/aromatic N) is 2. The van der Waals surface area contributed by atoms with Crippen molar-refractivity contribution in [3.63, 3.8) is 0 Å². The van der Waals surface area contributed by atoms with Gasteiger partial charge in [0.15, 0.2) is 0 Å². The predicted octanol–water partition coefficient (Wildman–Crippen LogP) is 5.79. The van der Waals surface area contributed by atoms with Crippen LogP contribution in [-0.2, 0) is 26.2 Å². The highest BCUT2D eigenvalue weighted by Crippen LogP contribution is 2.33. The summed E-state index contributed by atoms with van der Waals surface area (Å²) in [4.78, 5) is 28.0. The van der Waals surface area contributed by atoms with Gasteiger partial charge in [-0.3, -0.25) is 13.9 Å². The summed E-state index contributed by atoms with van der Waals surface area (Å²) in [5.41, 5.74) is 0.766. The molecule has 0 radical (unpaired) electrons. The van der Waals surface area contributed by atoms with E-state index in [0.29, 0.717) is 11.6 Å². The summed E-state index contributed by atoms with van der Waals surface area (Å²) in [6.45, 7) is 3.40. The summed E-state index contributed by atoms with van der Waals surface area (Å²) in [6, 6.07) is 18.0. The predicted molar refractivity (Wildman–Crippen MR) is 152 cm³/mol. The average molecular weight is 597 g/mol. The lowest BCUT2D eigenvalue weighted by molar-refractivity contribution is -0.139. The van der Waals surface area contributed by atoms with Crippen molar-refractivity contribution in [1.29, 1.82) is 0 Å². The van der Waals surface area contributed by atoms with Gasteiger partial charge < -0.3 is 10.2 Å². The summed E-state index contributed by atoms with van der Waals surface area (Å²) in [5.74, 6) is -0.956. The van der Waals surface area contributed by atoms with Gasteiger partial charge in [-0.1, -0.05) is 72.1 Å². The molecule has 0 bridgehead atoms. The van der Waals surface area contributed by atoms with Crippen LogP contribution in [0.4, 0.5) is 5.69 Å². The van der Waals surface area contributed by atoms with Crippen LogP contribution < -0.4 is 9.62 Å². The van der Waals surface area contributed by atoms with Crippen LogP contribution in [-0.4, -0.2) is 44.3 Å². The van der Waals surface area contributed by atoms with Crippen LogP contribution in [0.15, 0.2) is 77.7 Å². The molecule has 0 aromatic heterocycles. The third-order valence-corrected chi connectivity index (χ3v) is 8.35. The molecular formula is C27H28Cl3N3O4S. The Morgan fingerprint density at radius 3 is 2.18 bits per heavy atom. The Morgan fingerprint density at radius 1 is 0.921 bits per heavy atom. The number of carbonyl (C=O) groups is 2. The van der Waals surface area contributed by atoms with Crippen molar-refractivity contribution >= 4 is 62.3 Å². The zero-order chi connectivity index (χ0) is 27.9. The molecule has 7 nitrogen and oxygen atoms in total. The zero-order valence-electron chi connectivity index (χ0n) is 20.9. The fraction of sp³-hybridized carbons (Fsp3) is 0.259. The number of benzene rings is 3. The molecule has 3 aromatic rings. The Labute approximate surface area is 238 Å².